The molecule has 0 unspecified atom stereocenters. The third-order valence-electron chi connectivity index (χ3n) is 5.62. The lowest BCUT2D eigenvalue weighted by Gasteiger charge is -2.25. The Kier molecular flexibility index (Phi) is 5.77. The minimum Gasteiger partial charge on any atom is -0.351 e. The molecule has 3 rings (SSSR count). The summed E-state index contributed by atoms with van der Waals surface area (Å²) in [5, 5.41) is 3.15. The lowest BCUT2D eigenvalue weighted by atomic mass is 9.97. The van der Waals surface area contributed by atoms with Gasteiger partial charge in [-0.1, -0.05) is 51.0 Å². The van der Waals surface area contributed by atoms with E-state index in [9.17, 15) is 9.59 Å². The molecule has 0 spiro atoms. The van der Waals surface area contributed by atoms with Gasteiger partial charge in [0, 0.05) is 24.9 Å². The van der Waals surface area contributed by atoms with Gasteiger partial charge in [-0.25, -0.2) is 0 Å². The van der Waals surface area contributed by atoms with Crippen molar-refractivity contribution < 1.29 is 9.59 Å². The maximum Gasteiger partial charge on any atom is 0.225 e. The van der Waals surface area contributed by atoms with Crippen LogP contribution in [0.2, 0.25) is 0 Å². The molecule has 0 bridgehead atoms. The monoisotopic (exact) mass is 342 g/mol. The fourth-order valence-corrected chi connectivity index (χ4v) is 4.36. The molecule has 1 aliphatic carbocycles. The highest BCUT2D eigenvalue weighted by molar-refractivity contribution is 5.83. The van der Waals surface area contributed by atoms with Crippen LogP contribution in [-0.2, 0) is 22.4 Å². The second kappa shape index (κ2) is 8.03. The van der Waals surface area contributed by atoms with Crippen LogP contribution < -0.4 is 5.32 Å². The number of carbonyl (C=O) groups excluding carboxylic acids is 2. The van der Waals surface area contributed by atoms with Crippen molar-refractivity contribution in [2.24, 2.45) is 5.92 Å². The molecule has 2 amide bonds. The molecule has 1 aromatic rings. The summed E-state index contributed by atoms with van der Waals surface area (Å²) in [7, 11) is 0. The zero-order valence-corrected chi connectivity index (χ0v) is 15.5. The summed E-state index contributed by atoms with van der Waals surface area (Å²) in [6, 6.07) is 8.69. The lowest BCUT2D eigenvalue weighted by molar-refractivity contribution is -0.129. The number of likely N-dealkylation sites (tertiary alicyclic amines) is 1. The van der Waals surface area contributed by atoms with Gasteiger partial charge in [0.05, 0.1) is 6.04 Å². The van der Waals surface area contributed by atoms with Crippen molar-refractivity contribution in [1.82, 2.24) is 10.2 Å². The van der Waals surface area contributed by atoms with E-state index in [0.29, 0.717) is 13.0 Å². The minimum atomic E-state index is -0.0278. The van der Waals surface area contributed by atoms with Gasteiger partial charge in [0.15, 0.2) is 0 Å². The quantitative estimate of drug-likeness (QED) is 0.828. The average Bonchev–Trinajstić information content (AvgIpc) is 3.17. The summed E-state index contributed by atoms with van der Waals surface area (Å²) in [4.78, 5) is 27.1. The summed E-state index contributed by atoms with van der Waals surface area (Å²) in [5.41, 5.74) is 2.72. The van der Waals surface area contributed by atoms with E-state index < -0.39 is 0 Å². The van der Waals surface area contributed by atoms with Crippen LogP contribution in [-0.4, -0.2) is 35.3 Å². The van der Waals surface area contributed by atoms with Gasteiger partial charge in [0.1, 0.15) is 0 Å². The van der Waals surface area contributed by atoms with Crippen molar-refractivity contribution in [2.75, 3.05) is 6.54 Å². The predicted octanol–water partition coefficient (Wildman–Crippen LogP) is 3.09. The average molecular weight is 342 g/mol. The van der Waals surface area contributed by atoms with E-state index in [0.717, 1.165) is 38.5 Å². The molecule has 1 N–H and O–H groups in total. The van der Waals surface area contributed by atoms with Crippen molar-refractivity contribution in [3.8, 4) is 0 Å². The molecule has 4 nitrogen and oxygen atoms in total. The van der Waals surface area contributed by atoms with E-state index in [-0.39, 0.29) is 29.8 Å². The molecule has 1 aromatic carbocycles. The Hall–Kier alpha value is -1.84. The van der Waals surface area contributed by atoms with E-state index in [1.807, 2.05) is 4.90 Å². The summed E-state index contributed by atoms with van der Waals surface area (Å²) in [6.07, 6.45) is 6.24. The molecule has 1 heterocycles. The first kappa shape index (κ1) is 18.0. The number of rotatable bonds is 7. The third-order valence-corrected chi connectivity index (χ3v) is 5.62. The third kappa shape index (κ3) is 4.05. The first-order valence-corrected chi connectivity index (χ1v) is 9.79. The van der Waals surface area contributed by atoms with Crippen LogP contribution in [0.1, 0.15) is 57.1 Å². The van der Waals surface area contributed by atoms with Gasteiger partial charge in [-0.05, 0) is 36.8 Å². The Labute approximate surface area is 151 Å². The van der Waals surface area contributed by atoms with Gasteiger partial charge in [-0.2, -0.15) is 0 Å². The molecule has 136 valence electrons. The minimum absolute atomic E-state index is 0.0278. The summed E-state index contributed by atoms with van der Waals surface area (Å²) in [6.45, 7) is 4.90. The number of nitrogens with one attached hydrogen (secondary N) is 1. The van der Waals surface area contributed by atoms with E-state index in [2.05, 4.69) is 43.4 Å². The van der Waals surface area contributed by atoms with Crippen molar-refractivity contribution in [3.05, 3.63) is 35.4 Å². The maximum atomic E-state index is 12.6. The smallest absolute Gasteiger partial charge is 0.225 e. The van der Waals surface area contributed by atoms with E-state index in [4.69, 9.17) is 0 Å². The maximum absolute atomic E-state index is 12.6. The molecule has 1 aliphatic heterocycles. The van der Waals surface area contributed by atoms with Crippen LogP contribution in [0, 0.1) is 5.92 Å². The molecule has 4 heteroatoms. The fraction of sp³-hybridized carbons (Fsp3) is 0.619. The van der Waals surface area contributed by atoms with E-state index in [1.54, 1.807) is 0 Å². The van der Waals surface area contributed by atoms with Crippen LogP contribution >= 0.6 is 0 Å². The molecule has 25 heavy (non-hydrogen) atoms. The highest BCUT2D eigenvalue weighted by Gasteiger charge is 2.37. The van der Waals surface area contributed by atoms with Gasteiger partial charge in [-0.3, -0.25) is 9.59 Å². The van der Waals surface area contributed by atoms with Crippen LogP contribution in [0.3, 0.4) is 0 Å². The Morgan fingerprint density at radius 2 is 1.72 bits per heavy atom. The molecule has 1 atom stereocenters. The summed E-state index contributed by atoms with van der Waals surface area (Å²) >= 11 is 0. The number of hydrogen-bond donors (Lipinski definition) is 1. The standard InChI is InChI=1S/C21H30N2O2/c1-3-7-15(8-4-2)21(25)22-18-13-20(24)23(14-18)19-11-16-9-5-6-10-17(16)12-19/h5-6,9-10,15,18-19H,3-4,7-8,11-14H2,1-2H3,(H,22,25)/t18-/m1/s1. The van der Waals surface area contributed by atoms with Gasteiger partial charge >= 0.3 is 0 Å². The topological polar surface area (TPSA) is 49.4 Å². The number of benzene rings is 1. The molecule has 1 fully saturated rings. The molecule has 2 aliphatic rings. The number of fused-ring (bicyclic) bond motifs is 1. The zero-order valence-electron chi connectivity index (χ0n) is 15.5. The summed E-state index contributed by atoms with van der Waals surface area (Å²) < 4.78 is 0. The first-order chi connectivity index (χ1) is 12.1. The van der Waals surface area contributed by atoms with Gasteiger partial charge in [0.25, 0.3) is 0 Å². The van der Waals surface area contributed by atoms with Crippen molar-refractivity contribution in [2.45, 2.75) is 70.9 Å². The fourth-order valence-electron chi connectivity index (χ4n) is 4.36. The van der Waals surface area contributed by atoms with Crippen LogP contribution in [0.4, 0.5) is 0 Å². The molecule has 1 saturated heterocycles. The van der Waals surface area contributed by atoms with Crippen LogP contribution in [0.15, 0.2) is 24.3 Å². The van der Waals surface area contributed by atoms with Crippen LogP contribution in [0.25, 0.3) is 0 Å². The second-order valence-electron chi connectivity index (χ2n) is 7.56. The van der Waals surface area contributed by atoms with Gasteiger partial charge in [0.2, 0.25) is 11.8 Å². The van der Waals surface area contributed by atoms with Crippen molar-refractivity contribution in [3.63, 3.8) is 0 Å². The van der Waals surface area contributed by atoms with Gasteiger partial charge in [-0.15, -0.1) is 0 Å². The van der Waals surface area contributed by atoms with Crippen LogP contribution in [0.5, 0.6) is 0 Å². The SMILES string of the molecule is CCCC(CCC)C(=O)N[C@@H]1CC(=O)N(C2Cc3ccccc3C2)C1. The molecular weight excluding hydrogens is 312 g/mol. The highest BCUT2D eigenvalue weighted by atomic mass is 16.2. The number of amides is 2. The summed E-state index contributed by atoms with van der Waals surface area (Å²) in [5.74, 6) is 0.415. The Morgan fingerprint density at radius 1 is 1.12 bits per heavy atom. The molecular formula is C21H30N2O2. The molecule has 0 aromatic heterocycles. The van der Waals surface area contributed by atoms with E-state index in [1.165, 1.54) is 11.1 Å². The zero-order chi connectivity index (χ0) is 17.8. The largest absolute Gasteiger partial charge is 0.351 e. The second-order valence-corrected chi connectivity index (χ2v) is 7.56. The number of nitrogens with zero attached hydrogens (tertiary/aromatic N) is 1. The first-order valence-electron chi connectivity index (χ1n) is 9.79. The number of carbonyl (C=O) groups is 2. The van der Waals surface area contributed by atoms with Gasteiger partial charge < -0.3 is 10.2 Å². The Bertz CT molecular complexity index is 597. The normalized spacial score (nSPS) is 20.4. The lowest BCUT2D eigenvalue weighted by Crippen LogP contribution is -2.42. The van der Waals surface area contributed by atoms with Crippen molar-refractivity contribution >= 4 is 11.8 Å². The van der Waals surface area contributed by atoms with Crippen molar-refractivity contribution in [1.29, 1.82) is 0 Å². The Balaban J connectivity index is 1.57. The highest BCUT2D eigenvalue weighted by Crippen LogP contribution is 2.28. The Morgan fingerprint density at radius 3 is 2.28 bits per heavy atom. The molecule has 0 radical (unpaired) electrons. The predicted molar refractivity (Wildman–Crippen MR) is 99.2 cm³/mol. The van der Waals surface area contributed by atoms with E-state index >= 15 is 0 Å². The molecule has 0 saturated carbocycles. The number of hydrogen-bond acceptors (Lipinski definition) is 2.